The molecule has 0 spiro atoms. The Morgan fingerprint density at radius 1 is 1.33 bits per heavy atom. The summed E-state index contributed by atoms with van der Waals surface area (Å²) in [5, 5.41) is 12.1. The number of carbonyl (C=O) groups excluding carboxylic acids is 1. The Morgan fingerprint density at radius 2 is 2.00 bits per heavy atom. The number of rotatable bonds is 8. The van der Waals surface area contributed by atoms with Gasteiger partial charge in [-0.1, -0.05) is 19.1 Å². The molecule has 1 atom stereocenters. The van der Waals surface area contributed by atoms with Crippen LogP contribution in [0.25, 0.3) is 6.08 Å². The number of nitrogens with one attached hydrogen (secondary N) is 1. The normalized spacial score (nSPS) is 12.6. The Kier molecular flexibility index (Phi) is 7.54. The fraction of sp³-hybridized carbons (Fsp3) is 0.471. The van der Waals surface area contributed by atoms with E-state index in [4.69, 9.17) is 4.74 Å². The third-order valence-electron chi connectivity index (χ3n) is 2.93. The van der Waals surface area contributed by atoms with Gasteiger partial charge in [-0.3, -0.25) is 4.79 Å². The molecule has 2 N–H and O–H groups in total. The summed E-state index contributed by atoms with van der Waals surface area (Å²) in [5.74, 6) is 0.668. The van der Waals surface area contributed by atoms with Crippen molar-refractivity contribution in [3.05, 3.63) is 35.9 Å². The lowest BCUT2D eigenvalue weighted by atomic mass is 10.2. The first-order valence-electron chi connectivity index (χ1n) is 7.42. The smallest absolute Gasteiger partial charge is 0.244 e. The molecule has 4 heteroatoms. The molecular weight excluding hydrogens is 266 g/mol. The highest BCUT2D eigenvalue weighted by molar-refractivity contribution is 5.91. The Labute approximate surface area is 126 Å². The molecule has 1 rings (SSSR count). The summed E-state index contributed by atoms with van der Waals surface area (Å²) >= 11 is 0. The zero-order valence-electron chi connectivity index (χ0n) is 13.0. The van der Waals surface area contributed by atoms with Crippen molar-refractivity contribution < 1.29 is 14.6 Å². The van der Waals surface area contributed by atoms with Crippen molar-refractivity contribution in [1.82, 2.24) is 5.32 Å². The summed E-state index contributed by atoms with van der Waals surface area (Å²) in [5.41, 5.74) is 0.940. The molecule has 1 aromatic rings. The monoisotopic (exact) mass is 291 g/mol. The van der Waals surface area contributed by atoms with Crippen LogP contribution in [0.2, 0.25) is 0 Å². The average molecular weight is 291 g/mol. The molecule has 0 aliphatic carbocycles. The second-order valence-electron chi connectivity index (χ2n) is 5.21. The van der Waals surface area contributed by atoms with E-state index < -0.39 is 0 Å². The third-order valence-corrected chi connectivity index (χ3v) is 2.93. The van der Waals surface area contributed by atoms with Crippen molar-refractivity contribution in [2.45, 2.75) is 45.8 Å². The lowest BCUT2D eigenvalue weighted by molar-refractivity contribution is -0.116. The van der Waals surface area contributed by atoms with Gasteiger partial charge in [-0.15, -0.1) is 0 Å². The maximum absolute atomic E-state index is 11.6. The molecule has 0 saturated heterocycles. The van der Waals surface area contributed by atoms with Crippen LogP contribution in [-0.2, 0) is 4.79 Å². The van der Waals surface area contributed by atoms with E-state index >= 15 is 0 Å². The van der Waals surface area contributed by atoms with Gasteiger partial charge < -0.3 is 15.2 Å². The Balaban J connectivity index is 2.39. The summed E-state index contributed by atoms with van der Waals surface area (Å²) in [4.78, 5) is 11.6. The number of hydrogen-bond acceptors (Lipinski definition) is 3. The van der Waals surface area contributed by atoms with E-state index in [1.54, 1.807) is 6.08 Å². The first-order chi connectivity index (χ1) is 10.0. The highest BCUT2D eigenvalue weighted by Crippen LogP contribution is 2.14. The van der Waals surface area contributed by atoms with E-state index in [1.807, 2.05) is 45.0 Å². The zero-order chi connectivity index (χ0) is 15.7. The molecule has 1 amide bonds. The van der Waals surface area contributed by atoms with E-state index in [0.717, 1.165) is 11.3 Å². The SMILES string of the molecule is CCC(O)CCNC(=O)/C=C/c1ccc(OC(C)C)cc1. The fourth-order valence-electron chi connectivity index (χ4n) is 1.73. The maximum Gasteiger partial charge on any atom is 0.244 e. The zero-order valence-corrected chi connectivity index (χ0v) is 13.0. The predicted octanol–water partition coefficient (Wildman–Crippen LogP) is 2.76. The second kappa shape index (κ2) is 9.19. The third kappa shape index (κ3) is 7.51. The molecule has 0 aromatic heterocycles. The number of aliphatic hydroxyl groups excluding tert-OH is 1. The summed E-state index contributed by atoms with van der Waals surface area (Å²) in [6, 6.07) is 7.58. The number of hydrogen-bond donors (Lipinski definition) is 2. The van der Waals surface area contributed by atoms with Crippen LogP contribution in [0.5, 0.6) is 5.75 Å². The van der Waals surface area contributed by atoms with Gasteiger partial charge in [0.2, 0.25) is 5.91 Å². The van der Waals surface area contributed by atoms with Crippen molar-refractivity contribution in [3.63, 3.8) is 0 Å². The molecule has 0 heterocycles. The molecule has 1 aromatic carbocycles. The minimum Gasteiger partial charge on any atom is -0.491 e. The first-order valence-corrected chi connectivity index (χ1v) is 7.42. The predicted molar refractivity (Wildman–Crippen MR) is 85.2 cm³/mol. The van der Waals surface area contributed by atoms with Gasteiger partial charge in [0.1, 0.15) is 5.75 Å². The van der Waals surface area contributed by atoms with Gasteiger partial charge in [0.05, 0.1) is 12.2 Å². The van der Waals surface area contributed by atoms with Crippen molar-refractivity contribution in [2.75, 3.05) is 6.54 Å². The minimum atomic E-state index is -0.345. The van der Waals surface area contributed by atoms with Gasteiger partial charge in [-0.25, -0.2) is 0 Å². The molecule has 4 nitrogen and oxygen atoms in total. The Bertz CT molecular complexity index is 452. The molecular formula is C17H25NO3. The summed E-state index contributed by atoms with van der Waals surface area (Å²) in [6.07, 6.45) is 4.34. The standard InChI is InChI=1S/C17H25NO3/c1-4-15(19)11-12-18-17(20)10-7-14-5-8-16(9-6-14)21-13(2)3/h5-10,13,15,19H,4,11-12H2,1-3H3,(H,18,20)/b10-7+. The van der Waals surface area contributed by atoms with Crippen LogP contribution in [0.3, 0.4) is 0 Å². The Morgan fingerprint density at radius 3 is 2.57 bits per heavy atom. The molecule has 0 radical (unpaired) electrons. The van der Waals surface area contributed by atoms with E-state index in [2.05, 4.69) is 5.32 Å². The first kappa shape index (κ1) is 17.2. The van der Waals surface area contributed by atoms with Crippen molar-refractivity contribution >= 4 is 12.0 Å². The van der Waals surface area contributed by atoms with Crippen LogP contribution in [0.15, 0.2) is 30.3 Å². The van der Waals surface area contributed by atoms with E-state index in [9.17, 15) is 9.90 Å². The molecule has 0 aliphatic rings. The van der Waals surface area contributed by atoms with Crippen LogP contribution in [0.1, 0.15) is 39.2 Å². The average Bonchev–Trinajstić information content (AvgIpc) is 2.45. The van der Waals surface area contributed by atoms with Crippen LogP contribution >= 0.6 is 0 Å². The number of benzene rings is 1. The second-order valence-corrected chi connectivity index (χ2v) is 5.21. The van der Waals surface area contributed by atoms with Crippen LogP contribution in [0.4, 0.5) is 0 Å². The number of ether oxygens (including phenoxy) is 1. The Hall–Kier alpha value is -1.81. The van der Waals surface area contributed by atoms with Gasteiger partial charge in [0.25, 0.3) is 0 Å². The molecule has 0 saturated carbocycles. The van der Waals surface area contributed by atoms with Gasteiger partial charge in [-0.2, -0.15) is 0 Å². The molecule has 116 valence electrons. The number of carbonyl (C=O) groups is 1. The summed E-state index contributed by atoms with van der Waals surface area (Å²) in [6.45, 7) is 6.36. The van der Waals surface area contributed by atoms with E-state index in [-0.39, 0.29) is 18.1 Å². The summed E-state index contributed by atoms with van der Waals surface area (Å²) < 4.78 is 5.55. The quantitative estimate of drug-likeness (QED) is 0.724. The fourth-order valence-corrected chi connectivity index (χ4v) is 1.73. The van der Waals surface area contributed by atoms with Gasteiger partial charge in [-0.05, 0) is 50.5 Å². The molecule has 0 aliphatic heterocycles. The van der Waals surface area contributed by atoms with Crippen LogP contribution < -0.4 is 10.1 Å². The molecule has 0 fully saturated rings. The minimum absolute atomic E-state index is 0.149. The lowest BCUT2D eigenvalue weighted by Crippen LogP contribution is -2.25. The van der Waals surface area contributed by atoms with E-state index in [0.29, 0.717) is 19.4 Å². The number of amides is 1. The van der Waals surface area contributed by atoms with Crippen LogP contribution in [-0.4, -0.2) is 29.8 Å². The van der Waals surface area contributed by atoms with E-state index in [1.165, 1.54) is 6.08 Å². The van der Waals surface area contributed by atoms with Crippen molar-refractivity contribution in [2.24, 2.45) is 0 Å². The molecule has 1 unspecified atom stereocenters. The molecule has 0 bridgehead atoms. The highest BCUT2D eigenvalue weighted by atomic mass is 16.5. The van der Waals surface area contributed by atoms with Gasteiger partial charge in [0, 0.05) is 12.6 Å². The van der Waals surface area contributed by atoms with Gasteiger partial charge >= 0.3 is 0 Å². The number of aliphatic hydroxyl groups is 1. The van der Waals surface area contributed by atoms with Crippen molar-refractivity contribution in [1.29, 1.82) is 0 Å². The summed E-state index contributed by atoms with van der Waals surface area (Å²) in [7, 11) is 0. The maximum atomic E-state index is 11.6. The molecule has 21 heavy (non-hydrogen) atoms. The topological polar surface area (TPSA) is 58.6 Å². The van der Waals surface area contributed by atoms with Gasteiger partial charge in [0.15, 0.2) is 0 Å². The largest absolute Gasteiger partial charge is 0.491 e. The highest BCUT2D eigenvalue weighted by Gasteiger charge is 2.01. The lowest BCUT2D eigenvalue weighted by Gasteiger charge is -2.09. The van der Waals surface area contributed by atoms with Crippen molar-refractivity contribution in [3.8, 4) is 5.75 Å². The van der Waals surface area contributed by atoms with Crippen LogP contribution in [0, 0.1) is 0 Å².